The summed E-state index contributed by atoms with van der Waals surface area (Å²) in [6, 6.07) is 7.83. The molecule has 0 aliphatic rings. The van der Waals surface area contributed by atoms with E-state index in [-0.39, 0.29) is 5.41 Å². The number of aliphatic carboxylic acids is 1. The van der Waals surface area contributed by atoms with Crippen molar-refractivity contribution in [3.8, 4) is 0 Å². The fraction of sp³-hybridized carbons (Fsp3) is 0.500. The zero-order chi connectivity index (χ0) is 16.3. The quantitative estimate of drug-likeness (QED) is 0.858. The molecule has 4 nitrogen and oxygen atoms in total. The Kier molecular flexibility index (Phi) is 4.91. The van der Waals surface area contributed by atoms with Crippen LogP contribution in [0.4, 0.5) is 0 Å². The van der Waals surface area contributed by atoms with Crippen molar-refractivity contribution in [1.82, 2.24) is 9.88 Å². The summed E-state index contributed by atoms with van der Waals surface area (Å²) in [5.41, 5.74) is 2.43. The fourth-order valence-corrected chi connectivity index (χ4v) is 2.55. The molecule has 0 spiro atoms. The third-order valence-corrected chi connectivity index (χ3v) is 3.99. The highest BCUT2D eigenvalue weighted by Crippen LogP contribution is 2.22. The number of aromatic nitrogens is 1. The molecule has 0 aliphatic heterocycles. The predicted molar refractivity (Wildman–Crippen MR) is 89.9 cm³/mol. The first-order valence-electron chi connectivity index (χ1n) is 7.76. The Balaban J connectivity index is 2.01. The summed E-state index contributed by atoms with van der Waals surface area (Å²) in [5.74, 6) is -0.774. The smallest absolute Gasteiger partial charge is 0.320 e. The van der Waals surface area contributed by atoms with Gasteiger partial charge in [-0.1, -0.05) is 32.9 Å². The lowest BCUT2D eigenvalue weighted by Gasteiger charge is -2.21. The Labute approximate surface area is 132 Å². The van der Waals surface area contributed by atoms with Gasteiger partial charge in [0, 0.05) is 25.3 Å². The van der Waals surface area contributed by atoms with Gasteiger partial charge in [-0.25, -0.2) is 0 Å². The topological polar surface area (TPSA) is 54.3 Å². The van der Waals surface area contributed by atoms with Crippen molar-refractivity contribution < 1.29 is 9.90 Å². The Hall–Kier alpha value is -1.81. The maximum absolute atomic E-state index is 11.4. The van der Waals surface area contributed by atoms with Gasteiger partial charge in [0.25, 0.3) is 0 Å². The number of nitrogens with one attached hydrogen (secondary N) is 1. The van der Waals surface area contributed by atoms with Gasteiger partial charge in [0.05, 0.1) is 0 Å². The Morgan fingerprint density at radius 2 is 2.05 bits per heavy atom. The van der Waals surface area contributed by atoms with Crippen molar-refractivity contribution in [2.45, 2.75) is 46.2 Å². The van der Waals surface area contributed by atoms with Crippen LogP contribution in [0.25, 0.3) is 10.9 Å². The minimum atomic E-state index is -0.774. The largest absolute Gasteiger partial charge is 0.480 e. The second-order valence-corrected chi connectivity index (χ2v) is 7.19. The highest BCUT2D eigenvalue weighted by atomic mass is 16.4. The van der Waals surface area contributed by atoms with Crippen LogP contribution in [-0.4, -0.2) is 21.7 Å². The highest BCUT2D eigenvalue weighted by Gasteiger charge is 2.20. The van der Waals surface area contributed by atoms with E-state index in [1.807, 2.05) is 13.2 Å². The second kappa shape index (κ2) is 6.53. The van der Waals surface area contributed by atoms with Gasteiger partial charge in [-0.2, -0.15) is 0 Å². The fourth-order valence-electron chi connectivity index (χ4n) is 2.55. The van der Waals surface area contributed by atoms with E-state index in [1.54, 1.807) is 0 Å². The van der Waals surface area contributed by atoms with Gasteiger partial charge < -0.3 is 15.0 Å². The summed E-state index contributed by atoms with van der Waals surface area (Å²) in [4.78, 5) is 11.4. The molecule has 1 heterocycles. The van der Waals surface area contributed by atoms with E-state index >= 15 is 0 Å². The number of fused-ring (bicyclic) bond motifs is 1. The van der Waals surface area contributed by atoms with Gasteiger partial charge >= 0.3 is 5.97 Å². The van der Waals surface area contributed by atoms with Crippen LogP contribution in [-0.2, 0) is 18.4 Å². The maximum atomic E-state index is 11.4. The molecule has 0 radical (unpaired) electrons. The lowest BCUT2D eigenvalue weighted by Crippen LogP contribution is -2.37. The monoisotopic (exact) mass is 302 g/mol. The van der Waals surface area contributed by atoms with Gasteiger partial charge in [-0.05, 0) is 41.3 Å². The molecule has 0 saturated carbocycles. The average molecular weight is 302 g/mol. The van der Waals surface area contributed by atoms with Gasteiger partial charge in [-0.15, -0.1) is 0 Å². The van der Waals surface area contributed by atoms with Crippen LogP contribution >= 0.6 is 0 Å². The van der Waals surface area contributed by atoms with Gasteiger partial charge in [0.1, 0.15) is 6.04 Å². The number of nitrogens with zero attached hydrogens (tertiary/aromatic N) is 1. The SMILES string of the molecule is Cn1ccc2ccc(CN[C@@H](CCC(C)(C)C)C(=O)O)cc21. The highest BCUT2D eigenvalue weighted by molar-refractivity contribution is 5.80. The average Bonchev–Trinajstić information content (AvgIpc) is 2.78. The van der Waals surface area contributed by atoms with Crippen LogP contribution in [0.3, 0.4) is 0 Å². The normalized spacial score (nSPS) is 13.5. The summed E-state index contributed by atoms with van der Waals surface area (Å²) in [6.45, 7) is 6.97. The number of hydrogen-bond donors (Lipinski definition) is 2. The molecule has 0 fully saturated rings. The molecule has 0 bridgehead atoms. The van der Waals surface area contributed by atoms with Crippen LogP contribution in [0.2, 0.25) is 0 Å². The molecule has 1 aromatic carbocycles. The zero-order valence-electron chi connectivity index (χ0n) is 13.9. The van der Waals surface area contributed by atoms with E-state index in [0.717, 1.165) is 12.0 Å². The van der Waals surface area contributed by atoms with Crippen LogP contribution < -0.4 is 5.32 Å². The van der Waals surface area contributed by atoms with E-state index in [2.05, 4.69) is 54.9 Å². The first kappa shape index (κ1) is 16.6. The lowest BCUT2D eigenvalue weighted by atomic mass is 9.88. The molecular weight excluding hydrogens is 276 g/mol. The summed E-state index contributed by atoms with van der Waals surface area (Å²) in [7, 11) is 2.02. The zero-order valence-corrected chi connectivity index (χ0v) is 13.9. The Morgan fingerprint density at radius 1 is 1.32 bits per heavy atom. The first-order chi connectivity index (χ1) is 10.3. The van der Waals surface area contributed by atoms with Crippen molar-refractivity contribution in [1.29, 1.82) is 0 Å². The third-order valence-electron chi connectivity index (χ3n) is 3.99. The number of benzene rings is 1. The molecule has 120 valence electrons. The number of carboxylic acids is 1. The van der Waals surface area contributed by atoms with E-state index in [4.69, 9.17) is 0 Å². The number of hydrogen-bond acceptors (Lipinski definition) is 2. The van der Waals surface area contributed by atoms with E-state index in [9.17, 15) is 9.90 Å². The van der Waals surface area contributed by atoms with Crippen LogP contribution in [0.15, 0.2) is 30.5 Å². The minimum absolute atomic E-state index is 0.150. The van der Waals surface area contributed by atoms with Crippen LogP contribution in [0, 0.1) is 5.41 Å². The predicted octanol–water partition coefficient (Wildman–Crippen LogP) is 3.55. The molecule has 0 saturated heterocycles. The molecular formula is C18H26N2O2. The molecule has 2 rings (SSSR count). The van der Waals surface area contributed by atoms with E-state index in [0.29, 0.717) is 13.0 Å². The van der Waals surface area contributed by atoms with Crippen molar-refractivity contribution in [3.63, 3.8) is 0 Å². The summed E-state index contributed by atoms with van der Waals surface area (Å²) in [6.07, 6.45) is 3.56. The van der Waals surface area contributed by atoms with Crippen molar-refractivity contribution in [2.75, 3.05) is 0 Å². The minimum Gasteiger partial charge on any atom is -0.480 e. The van der Waals surface area contributed by atoms with E-state index in [1.165, 1.54) is 10.9 Å². The molecule has 1 atom stereocenters. The molecule has 0 amide bonds. The first-order valence-corrected chi connectivity index (χ1v) is 7.76. The van der Waals surface area contributed by atoms with Gasteiger partial charge in [0.2, 0.25) is 0 Å². The molecule has 22 heavy (non-hydrogen) atoms. The van der Waals surface area contributed by atoms with Crippen molar-refractivity contribution in [2.24, 2.45) is 12.5 Å². The summed E-state index contributed by atoms with van der Waals surface area (Å²) in [5, 5.41) is 13.7. The maximum Gasteiger partial charge on any atom is 0.320 e. The second-order valence-electron chi connectivity index (χ2n) is 7.19. The van der Waals surface area contributed by atoms with Crippen molar-refractivity contribution in [3.05, 3.63) is 36.0 Å². The standard InChI is InChI=1S/C18H26N2O2/c1-18(2,3)9-7-15(17(21)22)19-12-13-5-6-14-8-10-20(4)16(14)11-13/h5-6,8,10-11,15,19H,7,9,12H2,1-4H3,(H,21,22)/t15-/m0/s1. The van der Waals surface area contributed by atoms with Crippen LogP contribution in [0.5, 0.6) is 0 Å². The van der Waals surface area contributed by atoms with Crippen molar-refractivity contribution >= 4 is 16.9 Å². The molecule has 0 aliphatic carbocycles. The van der Waals surface area contributed by atoms with Gasteiger partial charge in [0.15, 0.2) is 0 Å². The van der Waals surface area contributed by atoms with Gasteiger partial charge in [-0.3, -0.25) is 4.79 Å². The summed E-state index contributed by atoms with van der Waals surface area (Å²) < 4.78 is 2.08. The van der Waals surface area contributed by atoms with E-state index < -0.39 is 12.0 Å². The lowest BCUT2D eigenvalue weighted by molar-refractivity contribution is -0.139. The third kappa shape index (κ3) is 4.34. The number of aryl methyl sites for hydroxylation is 1. The number of carbonyl (C=O) groups is 1. The molecule has 1 aromatic heterocycles. The molecule has 2 N–H and O–H groups in total. The number of carboxylic acid groups (broad SMARTS) is 1. The Morgan fingerprint density at radius 3 is 2.68 bits per heavy atom. The molecule has 0 unspecified atom stereocenters. The van der Waals surface area contributed by atoms with Crippen LogP contribution in [0.1, 0.15) is 39.2 Å². The number of rotatable bonds is 6. The summed E-state index contributed by atoms with van der Waals surface area (Å²) >= 11 is 0. The molecule has 2 aromatic rings. The Bertz CT molecular complexity index is 653. The molecule has 4 heteroatoms.